The van der Waals surface area contributed by atoms with Gasteiger partial charge in [-0.25, -0.2) is 4.68 Å². The van der Waals surface area contributed by atoms with Gasteiger partial charge in [0.2, 0.25) is 0 Å². The Morgan fingerprint density at radius 3 is 2.48 bits per heavy atom. The molecular weight excluding hydrogens is 262 g/mol. The maximum absolute atomic E-state index is 9.88. The molecular formula is C17H21N3O. The van der Waals surface area contributed by atoms with Gasteiger partial charge < -0.3 is 5.11 Å². The number of rotatable bonds is 3. The van der Waals surface area contributed by atoms with Gasteiger partial charge in [-0.15, -0.1) is 0 Å². The van der Waals surface area contributed by atoms with Crippen LogP contribution in [0.2, 0.25) is 0 Å². The molecule has 0 amide bonds. The highest BCUT2D eigenvalue weighted by Crippen LogP contribution is 2.36. The summed E-state index contributed by atoms with van der Waals surface area (Å²) in [4.78, 5) is 2.55. The molecule has 2 saturated heterocycles. The quantitative estimate of drug-likeness (QED) is 0.940. The third-order valence-corrected chi connectivity index (χ3v) is 4.87. The van der Waals surface area contributed by atoms with Gasteiger partial charge >= 0.3 is 0 Å². The molecule has 21 heavy (non-hydrogen) atoms. The van der Waals surface area contributed by atoms with Crippen molar-refractivity contribution in [2.24, 2.45) is 0 Å². The summed E-state index contributed by atoms with van der Waals surface area (Å²) in [6.45, 7) is 0.905. The van der Waals surface area contributed by atoms with Gasteiger partial charge in [0.05, 0.1) is 17.5 Å². The maximum atomic E-state index is 9.88. The van der Waals surface area contributed by atoms with E-state index in [1.807, 2.05) is 29.1 Å². The average Bonchev–Trinajstić information content (AvgIpc) is 3.05. The number of nitrogens with zero attached hydrogens (tertiary/aromatic N) is 3. The fourth-order valence-corrected chi connectivity index (χ4v) is 3.86. The molecule has 3 atom stereocenters. The smallest absolute Gasteiger partial charge is 0.0769 e. The van der Waals surface area contributed by atoms with Crippen molar-refractivity contribution < 1.29 is 5.11 Å². The van der Waals surface area contributed by atoms with Crippen LogP contribution in [0.15, 0.2) is 42.6 Å². The zero-order valence-electron chi connectivity index (χ0n) is 12.1. The summed E-state index contributed by atoms with van der Waals surface area (Å²) in [5.41, 5.74) is 2.22. The molecule has 4 nitrogen and oxygen atoms in total. The molecule has 2 aliphatic rings. The topological polar surface area (TPSA) is 41.3 Å². The molecule has 3 heterocycles. The van der Waals surface area contributed by atoms with Gasteiger partial charge in [-0.2, -0.15) is 5.10 Å². The minimum atomic E-state index is -0.0966. The molecule has 1 unspecified atom stereocenters. The summed E-state index contributed by atoms with van der Waals surface area (Å²) in [6.07, 6.45) is 6.24. The third kappa shape index (κ3) is 2.49. The van der Waals surface area contributed by atoms with Crippen LogP contribution in [0, 0.1) is 0 Å². The number of hydrogen-bond acceptors (Lipinski definition) is 3. The van der Waals surface area contributed by atoms with E-state index in [1.54, 1.807) is 0 Å². The second kappa shape index (κ2) is 5.28. The van der Waals surface area contributed by atoms with E-state index in [-0.39, 0.29) is 6.10 Å². The second-order valence-electron chi connectivity index (χ2n) is 6.27. The van der Waals surface area contributed by atoms with Gasteiger partial charge in [0, 0.05) is 24.8 Å². The third-order valence-electron chi connectivity index (χ3n) is 4.87. The Morgan fingerprint density at radius 1 is 1.05 bits per heavy atom. The van der Waals surface area contributed by atoms with E-state index in [0.29, 0.717) is 12.1 Å². The van der Waals surface area contributed by atoms with Gasteiger partial charge in [-0.1, -0.05) is 18.2 Å². The monoisotopic (exact) mass is 283 g/mol. The lowest BCUT2D eigenvalue weighted by molar-refractivity contribution is 0.0303. The number of benzene rings is 1. The molecule has 110 valence electrons. The molecule has 1 N–H and O–H groups in total. The average molecular weight is 283 g/mol. The van der Waals surface area contributed by atoms with Gasteiger partial charge in [-0.05, 0) is 43.9 Å². The zero-order valence-corrected chi connectivity index (χ0v) is 12.1. The number of hydrogen-bond donors (Lipinski definition) is 1. The van der Waals surface area contributed by atoms with Gasteiger partial charge in [0.1, 0.15) is 0 Å². The first-order valence-electron chi connectivity index (χ1n) is 7.83. The van der Waals surface area contributed by atoms with Crippen LogP contribution >= 0.6 is 0 Å². The predicted octanol–water partition coefficient (Wildman–Crippen LogP) is 2.36. The van der Waals surface area contributed by atoms with Crippen LogP contribution in [-0.2, 0) is 6.54 Å². The number of aliphatic hydroxyl groups is 1. The van der Waals surface area contributed by atoms with Crippen molar-refractivity contribution in [3.8, 4) is 5.69 Å². The van der Waals surface area contributed by atoms with Gasteiger partial charge in [-0.3, -0.25) is 4.90 Å². The minimum Gasteiger partial charge on any atom is -0.393 e. The zero-order chi connectivity index (χ0) is 14.2. The van der Waals surface area contributed by atoms with Crippen LogP contribution in [-0.4, -0.2) is 38.0 Å². The van der Waals surface area contributed by atoms with Crippen molar-refractivity contribution in [1.29, 1.82) is 0 Å². The molecule has 0 radical (unpaired) electrons. The number of aromatic nitrogens is 2. The fourth-order valence-electron chi connectivity index (χ4n) is 3.86. The lowest BCUT2D eigenvalue weighted by Crippen LogP contribution is -2.44. The van der Waals surface area contributed by atoms with Gasteiger partial charge in [0.15, 0.2) is 0 Å². The summed E-state index contributed by atoms with van der Waals surface area (Å²) >= 11 is 0. The summed E-state index contributed by atoms with van der Waals surface area (Å²) < 4.78 is 1.94. The van der Waals surface area contributed by atoms with Crippen molar-refractivity contribution in [3.63, 3.8) is 0 Å². The minimum absolute atomic E-state index is 0.0966. The van der Waals surface area contributed by atoms with Crippen LogP contribution in [0.1, 0.15) is 31.4 Å². The largest absolute Gasteiger partial charge is 0.393 e. The first kappa shape index (κ1) is 13.0. The Balaban J connectivity index is 1.50. The molecule has 4 heteroatoms. The first-order chi connectivity index (χ1) is 10.3. The molecule has 0 spiro atoms. The van der Waals surface area contributed by atoms with E-state index in [9.17, 15) is 5.11 Å². The van der Waals surface area contributed by atoms with Crippen LogP contribution < -0.4 is 0 Å². The molecule has 2 bridgehead atoms. The molecule has 2 aromatic rings. The number of fused-ring (bicyclic) bond motifs is 2. The van der Waals surface area contributed by atoms with Gasteiger partial charge in [0.25, 0.3) is 0 Å². The number of para-hydroxylation sites is 1. The molecule has 0 saturated carbocycles. The molecule has 1 aromatic heterocycles. The van der Waals surface area contributed by atoms with Crippen molar-refractivity contribution in [2.75, 3.05) is 0 Å². The summed E-state index contributed by atoms with van der Waals surface area (Å²) in [6, 6.07) is 13.4. The molecule has 1 aromatic carbocycles. The highest BCUT2D eigenvalue weighted by molar-refractivity contribution is 5.30. The lowest BCUT2D eigenvalue weighted by Gasteiger charge is -2.36. The maximum Gasteiger partial charge on any atom is 0.0769 e. The lowest BCUT2D eigenvalue weighted by atomic mass is 10.00. The Morgan fingerprint density at radius 2 is 1.76 bits per heavy atom. The Bertz CT molecular complexity index is 596. The van der Waals surface area contributed by atoms with E-state index in [2.05, 4.69) is 23.1 Å². The number of aliphatic hydroxyl groups excluding tert-OH is 1. The second-order valence-corrected chi connectivity index (χ2v) is 6.27. The van der Waals surface area contributed by atoms with E-state index in [0.717, 1.165) is 30.8 Å². The van der Waals surface area contributed by atoms with E-state index < -0.39 is 0 Å². The standard InChI is InChI=1S/C17H21N3O/c21-17-10-15-6-7-16(11-17)19(15)12-13-8-9-20(18-13)14-4-2-1-3-5-14/h1-5,8-9,15-17,21H,6-7,10-12H2/t15-,16+,17?. The Hall–Kier alpha value is -1.65. The van der Waals surface area contributed by atoms with Crippen LogP contribution in [0.25, 0.3) is 5.69 Å². The van der Waals surface area contributed by atoms with Crippen molar-refractivity contribution >= 4 is 0 Å². The number of piperidine rings is 1. The molecule has 2 fully saturated rings. The summed E-state index contributed by atoms with van der Waals surface area (Å²) in [5.74, 6) is 0. The Labute approximate surface area is 125 Å². The van der Waals surface area contributed by atoms with E-state index in [4.69, 9.17) is 5.10 Å². The van der Waals surface area contributed by atoms with Crippen LogP contribution in [0.4, 0.5) is 0 Å². The molecule has 0 aliphatic carbocycles. The SMILES string of the molecule is OC1C[C@H]2CC[C@@H](C1)N2Cc1ccn(-c2ccccc2)n1. The summed E-state index contributed by atoms with van der Waals surface area (Å²) in [7, 11) is 0. The van der Waals surface area contributed by atoms with Crippen LogP contribution in [0.5, 0.6) is 0 Å². The Kier molecular flexibility index (Phi) is 3.28. The highest BCUT2D eigenvalue weighted by Gasteiger charge is 2.40. The molecule has 2 aliphatic heterocycles. The van der Waals surface area contributed by atoms with Crippen molar-refractivity contribution in [2.45, 2.75) is 50.4 Å². The van der Waals surface area contributed by atoms with Crippen molar-refractivity contribution in [3.05, 3.63) is 48.3 Å². The van der Waals surface area contributed by atoms with E-state index >= 15 is 0 Å². The van der Waals surface area contributed by atoms with Crippen LogP contribution in [0.3, 0.4) is 0 Å². The molecule has 4 rings (SSSR count). The normalized spacial score (nSPS) is 28.9. The summed E-state index contributed by atoms with van der Waals surface area (Å²) in [5, 5.41) is 14.6. The fraction of sp³-hybridized carbons (Fsp3) is 0.471. The van der Waals surface area contributed by atoms with Crippen molar-refractivity contribution in [1.82, 2.24) is 14.7 Å². The van der Waals surface area contributed by atoms with E-state index in [1.165, 1.54) is 12.8 Å². The first-order valence-corrected chi connectivity index (χ1v) is 7.83. The predicted molar refractivity (Wildman–Crippen MR) is 81.2 cm³/mol. The highest BCUT2D eigenvalue weighted by atomic mass is 16.3.